The molecule has 0 saturated carbocycles. The van der Waals surface area contributed by atoms with Crippen molar-refractivity contribution in [2.75, 3.05) is 0 Å². The zero-order valence-corrected chi connectivity index (χ0v) is 11.1. The van der Waals surface area contributed by atoms with Crippen LogP contribution in [0.25, 0.3) is 0 Å². The predicted octanol–water partition coefficient (Wildman–Crippen LogP) is 3.00. The van der Waals surface area contributed by atoms with Crippen molar-refractivity contribution in [2.24, 2.45) is 0 Å². The summed E-state index contributed by atoms with van der Waals surface area (Å²) in [6.07, 6.45) is 2.32. The molecule has 0 N–H and O–H groups in total. The molecule has 1 radical (unpaired) electrons. The minimum absolute atomic E-state index is 0.559. The summed E-state index contributed by atoms with van der Waals surface area (Å²) in [6.45, 7) is 2.13. The molecule has 0 atom stereocenters. The van der Waals surface area contributed by atoms with Crippen molar-refractivity contribution in [3.63, 3.8) is 0 Å². The first-order valence-corrected chi connectivity index (χ1v) is 7.49. The first-order valence-electron chi connectivity index (χ1n) is 5.42. The van der Waals surface area contributed by atoms with Crippen LogP contribution in [0.1, 0.15) is 11.1 Å². The molecule has 2 aromatic carbocycles. The Balaban J connectivity index is 1.82. The summed E-state index contributed by atoms with van der Waals surface area (Å²) in [5, 5.41) is 1.17. The first kappa shape index (κ1) is 11.4. The topological polar surface area (TPSA) is 0 Å². The molecule has 0 bridgehead atoms. The van der Waals surface area contributed by atoms with Gasteiger partial charge in [-0.15, -0.1) is 0 Å². The molecule has 2 aromatic rings. The van der Waals surface area contributed by atoms with Crippen molar-refractivity contribution in [1.82, 2.24) is 0 Å². The van der Waals surface area contributed by atoms with Crippen molar-refractivity contribution in [3.05, 3.63) is 72.1 Å². The summed E-state index contributed by atoms with van der Waals surface area (Å²) in [4.78, 5) is 0. The zero-order valence-electron chi connectivity index (χ0n) is 9.39. The van der Waals surface area contributed by atoms with Crippen LogP contribution in [0.2, 0.25) is 5.32 Å². The van der Waals surface area contributed by atoms with Gasteiger partial charge in [0, 0.05) is 0 Å². The van der Waals surface area contributed by atoms with Gasteiger partial charge in [0.2, 0.25) is 0 Å². The van der Waals surface area contributed by atoms with E-state index in [1.807, 2.05) is 0 Å². The molecular weight excluding hydrogens is 259 g/mol. The van der Waals surface area contributed by atoms with Crippen molar-refractivity contribution < 1.29 is 0 Å². The van der Waals surface area contributed by atoms with Gasteiger partial charge in [0.05, 0.1) is 0 Å². The van der Waals surface area contributed by atoms with Crippen molar-refractivity contribution in [1.29, 1.82) is 0 Å². The molecule has 0 fully saturated rings. The van der Waals surface area contributed by atoms with Gasteiger partial charge < -0.3 is 0 Å². The Hall–Kier alpha value is -1.04. The number of rotatable bonds is 4. The molecule has 0 nitrogen and oxygen atoms in total. The SMILES string of the molecule is Cc1ccc([Se]C[CH]c2ccccc2)cc1. The van der Waals surface area contributed by atoms with Crippen LogP contribution in [0.5, 0.6) is 0 Å². The van der Waals surface area contributed by atoms with Gasteiger partial charge in [-0.3, -0.25) is 0 Å². The quantitative estimate of drug-likeness (QED) is 0.752. The van der Waals surface area contributed by atoms with Crippen LogP contribution in [0.15, 0.2) is 54.6 Å². The third kappa shape index (κ3) is 3.52. The van der Waals surface area contributed by atoms with Crippen LogP contribution in [-0.2, 0) is 0 Å². The van der Waals surface area contributed by atoms with Crippen molar-refractivity contribution >= 4 is 19.4 Å². The van der Waals surface area contributed by atoms with Gasteiger partial charge in [-0.25, -0.2) is 0 Å². The van der Waals surface area contributed by atoms with E-state index in [4.69, 9.17) is 0 Å². The van der Waals surface area contributed by atoms with Crippen LogP contribution in [0.3, 0.4) is 0 Å². The average molecular weight is 274 g/mol. The van der Waals surface area contributed by atoms with Crippen LogP contribution in [0.4, 0.5) is 0 Å². The maximum absolute atomic E-state index is 2.32. The second-order valence-electron chi connectivity index (χ2n) is 3.74. The fraction of sp³-hybridized carbons (Fsp3) is 0.133. The molecule has 0 saturated heterocycles. The monoisotopic (exact) mass is 275 g/mol. The van der Waals surface area contributed by atoms with Gasteiger partial charge in [0.1, 0.15) is 0 Å². The van der Waals surface area contributed by atoms with Crippen LogP contribution in [-0.4, -0.2) is 15.0 Å². The standard InChI is InChI=1S/C15H15Se/c1-13-7-9-15(10-8-13)16-12-11-14-5-3-2-4-6-14/h2-11H,12H2,1H3. The Morgan fingerprint density at radius 2 is 1.62 bits per heavy atom. The summed E-state index contributed by atoms with van der Waals surface area (Å²) < 4.78 is 1.48. The molecular formula is C15H15Se. The maximum atomic E-state index is 2.32. The summed E-state index contributed by atoms with van der Waals surface area (Å²) in [5.74, 6) is 0. The second-order valence-corrected chi connectivity index (χ2v) is 6.03. The molecule has 1 heteroatoms. The van der Waals surface area contributed by atoms with E-state index < -0.39 is 0 Å². The Morgan fingerprint density at radius 1 is 0.938 bits per heavy atom. The average Bonchev–Trinajstić information content (AvgIpc) is 2.33. The van der Waals surface area contributed by atoms with Crippen LogP contribution < -0.4 is 4.46 Å². The fourth-order valence-electron chi connectivity index (χ4n) is 1.46. The number of benzene rings is 2. The van der Waals surface area contributed by atoms with Gasteiger partial charge in [0.15, 0.2) is 0 Å². The summed E-state index contributed by atoms with van der Waals surface area (Å²) >= 11 is 0.559. The molecule has 0 amide bonds. The Morgan fingerprint density at radius 3 is 2.31 bits per heavy atom. The van der Waals surface area contributed by atoms with E-state index in [9.17, 15) is 0 Å². The van der Waals surface area contributed by atoms with E-state index in [-0.39, 0.29) is 0 Å². The molecule has 0 spiro atoms. The third-order valence-corrected chi connectivity index (χ3v) is 4.36. The summed E-state index contributed by atoms with van der Waals surface area (Å²) in [7, 11) is 0. The first-order chi connectivity index (χ1) is 7.84. The van der Waals surface area contributed by atoms with E-state index >= 15 is 0 Å². The number of hydrogen-bond donors (Lipinski definition) is 0. The summed E-state index contributed by atoms with van der Waals surface area (Å²) in [6, 6.07) is 19.4. The molecule has 0 aliphatic heterocycles. The Bertz CT molecular complexity index is 417. The van der Waals surface area contributed by atoms with E-state index in [1.54, 1.807) is 0 Å². The minimum atomic E-state index is 0.559. The molecule has 0 heterocycles. The van der Waals surface area contributed by atoms with E-state index in [0.29, 0.717) is 15.0 Å². The summed E-state index contributed by atoms with van der Waals surface area (Å²) in [5.41, 5.74) is 2.67. The molecule has 2 rings (SSSR count). The van der Waals surface area contributed by atoms with Gasteiger partial charge in [0.25, 0.3) is 0 Å². The molecule has 0 aromatic heterocycles. The third-order valence-electron chi connectivity index (χ3n) is 2.39. The Kier molecular flexibility index (Phi) is 4.21. The number of hydrogen-bond acceptors (Lipinski definition) is 0. The second kappa shape index (κ2) is 5.88. The van der Waals surface area contributed by atoms with Crippen LogP contribution in [0, 0.1) is 13.3 Å². The van der Waals surface area contributed by atoms with E-state index in [1.165, 1.54) is 20.9 Å². The number of aryl methyl sites for hydroxylation is 1. The fourth-order valence-corrected chi connectivity index (χ4v) is 3.13. The van der Waals surface area contributed by atoms with E-state index in [0.717, 1.165) is 0 Å². The molecule has 81 valence electrons. The van der Waals surface area contributed by atoms with Crippen molar-refractivity contribution in [3.8, 4) is 0 Å². The zero-order chi connectivity index (χ0) is 11.2. The molecule has 0 aliphatic carbocycles. The molecule has 16 heavy (non-hydrogen) atoms. The van der Waals surface area contributed by atoms with E-state index in [2.05, 4.69) is 67.9 Å². The van der Waals surface area contributed by atoms with Crippen molar-refractivity contribution in [2.45, 2.75) is 12.2 Å². The Labute approximate surface area is 104 Å². The molecule has 0 unspecified atom stereocenters. The van der Waals surface area contributed by atoms with Gasteiger partial charge in [-0.1, -0.05) is 0 Å². The van der Waals surface area contributed by atoms with Gasteiger partial charge >= 0.3 is 104 Å². The van der Waals surface area contributed by atoms with Crippen LogP contribution >= 0.6 is 0 Å². The van der Waals surface area contributed by atoms with Gasteiger partial charge in [-0.2, -0.15) is 0 Å². The molecule has 0 aliphatic rings. The predicted molar refractivity (Wildman–Crippen MR) is 71.2 cm³/mol. The van der Waals surface area contributed by atoms with Gasteiger partial charge in [-0.05, 0) is 0 Å². The normalized spacial score (nSPS) is 10.3.